The van der Waals surface area contributed by atoms with Gasteiger partial charge in [-0.15, -0.1) is 17.9 Å². The summed E-state index contributed by atoms with van der Waals surface area (Å²) < 4.78 is 24.1. The highest BCUT2D eigenvalue weighted by Crippen LogP contribution is 2.25. The van der Waals surface area contributed by atoms with Gasteiger partial charge in [0.05, 0.1) is 28.4 Å². The zero-order valence-corrected chi connectivity index (χ0v) is 17.0. The molecular formula is C17H20ClN3O4S2. The molecule has 1 aromatic rings. The minimum absolute atomic E-state index is 0.0436. The number of hydrazone groups is 1. The van der Waals surface area contributed by atoms with Crippen molar-refractivity contribution in [2.24, 2.45) is 5.10 Å². The zero-order valence-electron chi connectivity index (χ0n) is 14.6. The predicted molar refractivity (Wildman–Crippen MR) is 106 cm³/mol. The van der Waals surface area contributed by atoms with Crippen molar-refractivity contribution in [1.82, 2.24) is 9.91 Å². The van der Waals surface area contributed by atoms with Crippen molar-refractivity contribution in [2.45, 2.75) is 31.8 Å². The van der Waals surface area contributed by atoms with E-state index in [0.717, 1.165) is 4.88 Å². The summed E-state index contributed by atoms with van der Waals surface area (Å²) in [5.74, 6) is -0.581. The Labute approximate surface area is 167 Å². The average Bonchev–Trinajstić information content (AvgIpc) is 3.19. The lowest BCUT2D eigenvalue weighted by Gasteiger charge is -2.29. The van der Waals surface area contributed by atoms with Crippen LogP contribution in [0.25, 0.3) is 0 Å². The topological polar surface area (TPSA) is 87.1 Å². The van der Waals surface area contributed by atoms with E-state index in [0.29, 0.717) is 23.8 Å². The van der Waals surface area contributed by atoms with E-state index < -0.39 is 15.9 Å². The van der Waals surface area contributed by atoms with Crippen LogP contribution in [0.3, 0.4) is 0 Å². The van der Waals surface area contributed by atoms with E-state index in [9.17, 15) is 18.0 Å². The van der Waals surface area contributed by atoms with Gasteiger partial charge in [-0.25, -0.2) is 13.4 Å². The fourth-order valence-corrected chi connectivity index (χ4v) is 5.96. The molecule has 1 saturated heterocycles. The summed E-state index contributed by atoms with van der Waals surface area (Å²) in [7, 11) is -3.15. The molecule has 2 amide bonds. The summed E-state index contributed by atoms with van der Waals surface area (Å²) in [6.45, 7) is 4.39. The molecule has 3 rings (SSSR count). The van der Waals surface area contributed by atoms with Crippen LogP contribution in [0.5, 0.6) is 0 Å². The maximum absolute atomic E-state index is 13.0. The van der Waals surface area contributed by atoms with E-state index >= 15 is 0 Å². The van der Waals surface area contributed by atoms with Gasteiger partial charge in [0.1, 0.15) is 5.71 Å². The molecule has 0 radical (unpaired) electrons. The van der Waals surface area contributed by atoms with Gasteiger partial charge in [-0.1, -0.05) is 17.7 Å². The molecule has 1 fully saturated rings. The van der Waals surface area contributed by atoms with Gasteiger partial charge in [0.25, 0.3) is 5.91 Å². The normalized spacial score (nSPS) is 21.8. The molecule has 3 heterocycles. The van der Waals surface area contributed by atoms with E-state index in [4.69, 9.17) is 11.6 Å². The summed E-state index contributed by atoms with van der Waals surface area (Å²) in [6, 6.07) is 3.14. The Morgan fingerprint density at radius 1 is 1.44 bits per heavy atom. The van der Waals surface area contributed by atoms with E-state index in [2.05, 4.69) is 11.7 Å². The summed E-state index contributed by atoms with van der Waals surface area (Å²) in [6.07, 6.45) is 2.37. The van der Waals surface area contributed by atoms with Gasteiger partial charge < -0.3 is 4.90 Å². The fraction of sp³-hybridized carbons (Fsp3) is 0.471. The number of rotatable bonds is 6. The zero-order chi connectivity index (χ0) is 19.6. The number of carbonyl (C=O) groups is 2. The standard InChI is InChI=1S/C17H20ClN3O4S2/c1-2-8-20(10-13-3-5-15(18)26-13)17(23)14-4-6-16(22)21(19-14)12-7-9-27(24,25)11-12/h2-3,5,12H,1,4,6-11H2/t12-/m0/s1. The molecule has 0 unspecified atom stereocenters. The van der Waals surface area contributed by atoms with Crippen LogP contribution in [0, 0.1) is 0 Å². The molecule has 27 heavy (non-hydrogen) atoms. The maximum atomic E-state index is 13.0. The molecule has 0 bridgehead atoms. The third kappa shape index (κ3) is 4.77. The fourth-order valence-electron chi connectivity index (χ4n) is 3.16. The van der Waals surface area contributed by atoms with Gasteiger partial charge in [-0.05, 0) is 18.6 Å². The van der Waals surface area contributed by atoms with Crippen molar-refractivity contribution in [3.05, 3.63) is 34.0 Å². The van der Waals surface area contributed by atoms with Crippen molar-refractivity contribution < 1.29 is 18.0 Å². The van der Waals surface area contributed by atoms with Crippen LogP contribution < -0.4 is 0 Å². The summed E-state index contributed by atoms with van der Waals surface area (Å²) in [4.78, 5) is 27.7. The monoisotopic (exact) mass is 429 g/mol. The number of halogens is 1. The average molecular weight is 430 g/mol. The molecule has 2 aliphatic rings. The van der Waals surface area contributed by atoms with Gasteiger partial charge in [-0.3, -0.25) is 9.59 Å². The van der Waals surface area contributed by atoms with E-state index in [1.807, 2.05) is 6.07 Å². The second-order valence-corrected chi connectivity index (χ2v) is 10.6. The Kier molecular flexibility index (Phi) is 6.02. The first kappa shape index (κ1) is 20.0. The molecule has 2 aliphatic heterocycles. The van der Waals surface area contributed by atoms with Gasteiger partial charge in [-0.2, -0.15) is 5.10 Å². The summed E-state index contributed by atoms with van der Waals surface area (Å²) in [5.41, 5.74) is 0.267. The second-order valence-electron chi connectivity index (χ2n) is 6.52. The lowest BCUT2D eigenvalue weighted by atomic mass is 10.1. The molecule has 7 nitrogen and oxygen atoms in total. The lowest BCUT2D eigenvalue weighted by molar-refractivity contribution is -0.134. The number of hydrogen-bond donors (Lipinski definition) is 0. The molecule has 1 atom stereocenters. The van der Waals surface area contributed by atoms with Crippen LogP contribution in [-0.4, -0.2) is 59.9 Å². The van der Waals surface area contributed by atoms with Crippen molar-refractivity contribution >= 4 is 50.3 Å². The first-order valence-corrected chi connectivity index (χ1v) is 11.5. The molecule has 0 spiro atoms. The number of amides is 2. The molecule has 0 N–H and O–H groups in total. The highest BCUT2D eigenvalue weighted by Gasteiger charge is 2.37. The molecule has 1 aromatic heterocycles. The molecule has 0 saturated carbocycles. The van der Waals surface area contributed by atoms with Crippen LogP contribution >= 0.6 is 22.9 Å². The van der Waals surface area contributed by atoms with E-state index in [1.54, 1.807) is 17.0 Å². The first-order chi connectivity index (χ1) is 12.8. The third-order valence-electron chi connectivity index (χ3n) is 4.47. The second kappa shape index (κ2) is 8.12. The van der Waals surface area contributed by atoms with Crippen LogP contribution in [0.2, 0.25) is 4.34 Å². The van der Waals surface area contributed by atoms with Gasteiger partial charge in [0.15, 0.2) is 9.84 Å². The Balaban J connectivity index is 1.79. The van der Waals surface area contributed by atoms with Crippen molar-refractivity contribution in [1.29, 1.82) is 0 Å². The highest BCUT2D eigenvalue weighted by molar-refractivity contribution is 7.91. The van der Waals surface area contributed by atoms with Crippen LogP contribution in [0.1, 0.15) is 24.1 Å². The Hall–Kier alpha value is -1.71. The smallest absolute Gasteiger partial charge is 0.270 e. The number of hydrogen-bond acceptors (Lipinski definition) is 6. The summed E-state index contributed by atoms with van der Waals surface area (Å²) in [5, 5.41) is 5.45. The van der Waals surface area contributed by atoms with Gasteiger partial charge >= 0.3 is 0 Å². The number of sulfone groups is 1. The first-order valence-electron chi connectivity index (χ1n) is 8.53. The minimum Gasteiger partial charge on any atom is -0.329 e. The third-order valence-corrected chi connectivity index (χ3v) is 7.44. The number of carbonyl (C=O) groups excluding carboxylic acids is 2. The maximum Gasteiger partial charge on any atom is 0.270 e. The minimum atomic E-state index is -3.15. The quantitative estimate of drug-likeness (QED) is 0.648. The Morgan fingerprint density at radius 2 is 2.22 bits per heavy atom. The number of nitrogens with zero attached hydrogens (tertiary/aromatic N) is 3. The molecule has 0 aliphatic carbocycles. The lowest BCUT2D eigenvalue weighted by Crippen LogP contribution is -2.45. The summed E-state index contributed by atoms with van der Waals surface area (Å²) >= 11 is 7.35. The van der Waals surface area contributed by atoms with Crippen molar-refractivity contribution in [3.8, 4) is 0 Å². The molecular weight excluding hydrogens is 410 g/mol. The van der Waals surface area contributed by atoms with Crippen LogP contribution in [0.4, 0.5) is 0 Å². The van der Waals surface area contributed by atoms with Crippen LogP contribution in [0.15, 0.2) is 29.9 Å². The van der Waals surface area contributed by atoms with Crippen LogP contribution in [-0.2, 0) is 26.0 Å². The Bertz CT molecular complexity index is 894. The van der Waals surface area contributed by atoms with Gasteiger partial charge in [0, 0.05) is 24.3 Å². The SMILES string of the molecule is C=CCN(Cc1ccc(Cl)s1)C(=O)C1=NN([C@H]2CCS(=O)(=O)C2)C(=O)CC1. The molecule has 10 heteroatoms. The Morgan fingerprint density at radius 3 is 2.81 bits per heavy atom. The van der Waals surface area contributed by atoms with Crippen molar-refractivity contribution in [2.75, 3.05) is 18.1 Å². The molecule has 146 valence electrons. The van der Waals surface area contributed by atoms with Gasteiger partial charge in [0.2, 0.25) is 5.91 Å². The van der Waals surface area contributed by atoms with E-state index in [1.165, 1.54) is 16.3 Å². The van der Waals surface area contributed by atoms with Crippen molar-refractivity contribution in [3.63, 3.8) is 0 Å². The highest BCUT2D eigenvalue weighted by atomic mass is 35.5. The van der Waals surface area contributed by atoms with E-state index in [-0.39, 0.29) is 41.9 Å². The predicted octanol–water partition coefficient (Wildman–Crippen LogP) is 2.08. The molecule has 0 aromatic carbocycles. The number of thiophene rings is 1. The largest absolute Gasteiger partial charge is 0.329 e.